The third-order valence-electron chi connectivity index (χ3n) is 11.2. The zero-order chi connectivity index (χ0) is 47.8. The quantitative estimate of drug-likeness (QED) is 0.0268. The molecule has 0 saturated carbocycles. The Kier molecular flexibility index (Phi) is 20.7. The van der Waals surface area contributed by atoms with Gasteiger partial charge in [0.1, 0.15) is 36.9 Å². The highest BCUT2D eigenvalue weighted by Crippen LogP contribution is 2.30. The maximum Gasteiger partial charge on any atom is 0.130 e. The number of ether oxygens (including phenoxy) is 4. The van der Waals surface area contributed by atoms with Crippen LogP contribution in [0.2, 0.25) is 0 Å². The molecule has 2 atom stereocenters. The fraction of sp³-hybridized carbons (Fsp3) is 0.321. The molecule has 2 unspecified atom stereocenters. The zero-order valence-corrected chi connectivity index (χ0v) is 40.0. The van der Waals surface area contributed by atoms with Gasteiger partial charge in [-0.15, -0.1) is 0 Å². The van der Waals surface area contributed by atoms with E-state index in [9.17, 15) is 10.2 Å². The molecule has 0 aliphatic carbocycles. The SMILES string of the molecule is CCN(CC)c1ccc(/C=N/N(c2ccccc2)c2ccccc2)c(OCC(O)COCCCCOCC(O)COc2cc(N(CC)CC)ccc2/C=N/N(c2ccccc2)c2ccccc2)c1. The second kappa shape index (κ2) is 27.8. The molecule has 2 N–H and O–H groups in total. The molecule has 0 aliphatic heterocycles. The lowest BCUT2D eigenvalue weighted by atomic mass is 10.1. The van der Waals surface area contributed by atoms with Crippen molar-refractivity contribution in [3.63, 3.8) is 0 Å². The number of rotatable bonds is 29. The molecule has 0 aromatic heterocycles. The number of hydrogen-bond acceptors (Lipinski definition) is 12. The lowest BCUT2D eigenvalue weighted by Gasteiger charge is -2.23. The molecule has 0 spiro atoms. The van der Waals surface area contributed by atoms with Crippen LogP contribution in [0.5, 0.6) is 11.5 Å². The van der Waals surface area contributed by atoms with E-state index >= 15 is 0 Å². The van der Waals surface area contributed by atoms with E-state index in [0.717, 1.165) is 84.3 Å². The Hall–Kier alpha value is -6.70. The summed E-state index contributed by atoms with van der Waals surface area (Å²) in [5, 5.41) is 35.3. The van der Waals surface area contributed by atoms with E-state index in [1.54, 1.807) is 12.4 Å². The molecule has 0 heterocycles. The van der Waals surface area contributed by atoms with Crippen molar-refractivity contribution in [2.75, 3.05) is 85.6 Å². The summed E-state index contributed by atoms with van der Waals surface area (Å²) in [5.41, 5.74) is 7.36. The van der Waals surface area contributed by atoms with Crippen LogP contribution in [-0.4, -0.2) is 101 Å². The van der Waals surface area contributed by atoms with Crippen molar-refractivity contribution in [1.29, 1.82) is 0 Å². The summed E-state index contributed by atoms with van der Waals surface area (Å²) in [6.45, 7) is 13.2. The lowest BCUT2D eigenvalue weighted by Crippen LogP contribution is -2.25. The van der Waals surface area contributed by atoms with Crippen molar-refractivity contribution in [3.05, 3.63) is 169 Å². The number of aliphatic hydroxyl groups excluding tert-OH is 2. The molecule has 0 amide bonds. The van der Waals surface area contributed by atoms with Gasteiger partial charge in [-0.25, -0.2) is 10.0 Å². The van der Waals surface area contributed by atoms with Crippen molar-refractivity contribution in [2.45, 2.75) is 52.7 Å². The smallest absolute Gasteiger partial charge is 0.130 e. The third kappa shape index (κ3) is 15.4. The fourth-order valence-corrected chi connectivity index (χ4v) is 7.48. The Balaban J connectivity index is 0.957. The van der Waals surface area contributed by atoms with Crippen LogP contribution < -0.4 is 29.3 Å². The first-order valence-electron chi connectivity index (χ1n) is 23.8. The van der Waals surface area contributed by atoms with Gasteiger partial charge in [-0.05, 0) is 113 Å². The predicted molar refractivity (Wildman–Crippen MR) is 279 cm³/mol. The Labute approximate surface area is 403 Å². The molecule has 12 nitrogen and oxygen atoms in total. The topological polar surface area (TPSA) is 115 Å². The number of aliphatic hydroxyl groups is 2. The summed E-state index contributed by atoms with van der Waals surface area (Å²) in [5.74, 6) is 1.25. The van der Waals surface area contributed by atoms with Gasteiger partial charge in [0.15, 0.2) is 0 Å². The zero-order valence-electron chi connectivity index (χ0n) is 40.0. The standard InChI is InChI=1S/C56H68N6O6/c1-5-59(6-2)51-33-31-45(39-57-61(47-23-13-9-14-24-47)48-25-15-10-16-26-48)55(37-51)67-43-53(63)41-65-35-21-22-36-66-42-54(64)44-68-56-38-52(60(7-3)8-4)34-32-46(56)40-58-62(49-27-17-11-18-28-49)50-29-19-12-20-30-50/h9-20,23-34,37-40,53-54,63-64H,5-8,21-22,35-36,41-44H2,1-4H3/b57-39+,58-40+. The molecule has 68 heavy (non-hydrogen) atoms. The maximum absolute atomic E-state index is 10.9. The van der Waals surface area contributed by atoms with Gasteiger partial charge in [0.05, 0.1) is 48.4 Å². The molecular formula is C56H68N6O6. The first kappa shape index (κ1) is 50.7. The van der Waals surface area contributed by atoms with Crippen LogP contribution in [0.15, 0.2) is 168 Å². The molecule has 0 aliphatic rings. The number of hydrogen-bond donors (Lipinski definition) is 2. The Bertz CT molecular complexity index is 2140. The summed E-state index contributed by atoms with van der Waals surface area (Å²) >= 11 is 0. The Morgan fingerprint density at radius 3 is 1.06 bits per heavy atom. The largest absolute Gasteiger partial charge is 0.490 e. The van der Waals surface area contributed by atoms with E-state index in [2.05, 4.69) is 49.6 Å². The minimum atomic E-state index is -0.834. The van der Waals surface area contributed by atoms with E-state index in [4.69, 9.17) is 29.2 Å². The highest BCUT2D eigenvalue weighted by molar-refractivity contribution is 5.87. The Morgan fingerprint density at radius 1 is 0.426 bits per heavy atom. The molecule has 6 aromatic carbocycles. The number of para-hydroxylation sites is 4. The van der Waals surface area contributed by atoms with Crippen molar-refractivity contribution in [3.8, 4) is 11.5 Å². The first-order chi connectivity index (χ1) is 33.4. The fourth-order valence-electron chi connectivity index (χ4n) is 7.48. The Morgan fingerprint density at radius 2 is 0.750 bits per heavy atom. The van der Waals surface area contributed by atoms with Crippen LogP contribution in [0.3, 0.4) is 0 Å². The van der Waals surface area contributed by atoms with Gasteiger partial charge < -0.3 is 39.0 Å². The number of benzene rings is 6. The van der Waals surface area contributed by atoms with E-state index < -0.39 is 12.2 Å². The lowest BCUT2D eigenvalue weighted by molar-refractivity contribution is 0.000253. The van der Waals surface area contributed by atoms with E-state index in [1.807, 2.05) is 156 Å². The second-order valence-electron chi connectivity index (χ2n) is 16.0. The van der Waals surface area contributed by atoms with Gasteiger partial charge in [0, 0.05) is 74.0 Å². The van der Waals surface area contributed by atoms with Gasteiger partial charge in [-0.3, -0.25) is 0 Å². The summed E-state index contributed by atoms with van der Waals surface area (Å²) in [4.78, 5) is 4.50. The molecular weight excluding hydrogens is 853 g/mol. The average Bonchev–Trinajstić information content (AvgIpc) is 3.38. The predicted octanol–water partition coefficient (Wildman–Crippen LogP) is 10.7. The van der Waals surface area contributed by atoms with Crippen molar-refractivity contribution in [1.82, 2.24) is 0 Å². The molecule has 0 bridgehead atoms. The van der Waals surface area contributed by atoms with E-state index in [0.29, 0.717) is 24.7 Å². The van der Waals surface area contributed by atoms with Crippen molar-refractivity contribution >= 4 is 46.6 Å². The minimum absolute atomic E-state index is 0.0561. The monoisotopic (exact) mass is 921 g/mol. The van der Waals surface area contributed by atoms with Gasteiger partial charge in [0.25, 0.3) is 0 Å². The highest BCUT2D eigenvalue weighted by atomic mass is 16.5. The summed E-state index contributed by atoms with van der Waals surface area (Å²) in [6, 6.07) is 52.2. The number of nitrogens with zero attached hydrogens (tertiary/aromatic N) is 6. The molecule has 358 valence electrons. The van der Waals surface area contributed by atoms with Crippen molar-refractivity contribution < 1.29 is 29.2 Å². The molecule has 6 aromatic rings. The maximum atomic E-state index is 10.9. The molecule has 0 radical (unpaired) electrons. The summed E-state index contributed by atoms with van der Waals surface area (Å²) in [7, 11) is 0. The van der Waals surface area contributed by atoms with E-state index in [1.165, 1.54) is 0 Å². The van der Waals surface area contributed by atoms with Gasteiger partial charge in [-0.2, -0.15) is 10.2 Å². The molecule has 12 heteroatoms. The number of anilines is 6. The second-order valence-corrected chi connectivity index (χ2v) is 16.0. The van der Waals surface area contributed by atoms with Crippen molar-refractivity contribution in [2.24, 2.45) is 10.2 Å². The number of hydrazone groups is 2. The minimum Gasteiger partial charge on any atom is -0.490 e. The summed E-state index contributed by atoms with van der Waals surface area (Å²) in [6.07, 6.45) is 3.39. The van der Waals surface area contributed by atoms with Crippen LogP contribution in [0.4, 0.5) is 34.1 Å². The highest BCUT2D eigenvalue weighted by Gasteiger charge is 2.15. The van der Waals surface area contributed by atoms with Crippen LogP contribution in [-0.2, 0) is 9.47 Å². The molecule has 0 fully saturated rings. The normalized spacial score (nSPS) is 12.3. The van der Waals surface area contributed by atoms with Crippen LogP contribution in [0, 0.1) is 0 Å². The van der Waals surface area contributed by atoms with Gasteiger partial charge in [-0.1, -0.05) is 72.8 Å². The number of unbranched alkanes of at least 4 members (excludes halogenated alkanes) is 1. The van der Waals surface area contributed by atoms with E-state index in [-0.39, 0.29) is 26.4 Å². The molecule has 6 rings (SSSR count). The summed E-state index contributed by atoms with van der Waals surface area (Å²) < 4.78 is 24.2. The van der Waals surface area contributed by atoms with Crippen LogP contribution in [0.1, 0.15) is 51.7 Å². The van der Waals surface area contributed by atoms with Crippen LogP contribution in [0.25, 0.3) is 0 Å². The van der Waals surface area contributed by atoms with Crippen LogP contribution >= 0.6 is 0 Å². The van der Waals surface area contributed by atoms with Gasteiger partial charge >= 0.3 is 0 Å². The average molecular weight is 921 g/mol. The van der Waals surface area contributed by atoms with Gasteiger partial charge in [0.2, 0.25) is 0 Å². The first-order valence-corrected chi connectivity index (χ1v) is 23.8. The molecule has 0 saturated heterocycles. The third-order valence-corrected chi connectivity index (χ3v) is 11.2.